The Labute approximate surface area is 255 Å². The second kappa shape index (κ2) is 9.45. The number of imidazole rings is 1. The van der Waals surface area contributed by atoms with Gasteiger partial charge in [-0.05, 0) is 75.8 Å². The van der Waals surface area contributed by atoms with Crippen molar-refractivity contribution in [1.82, 2.24) is 9.55 Å². The first-order chi connectivity index (χ1) is 21.3. The molecule has 3 heteroatoms. The Bertz CT molecular complexity index is 2180. The monoisotopic (exact) mass is 566 g/mol. The van der Waals surface area contributed by atoms with Gasteiger partial charge in [0.15, 0.2) is 0 Å². The van der Waals surface area contributed by atoms with Crippen molar-refractivity contribution in [3.8, 4) is 17.1 Å². The third kappa shape index (κ3) is 3.52. The highest BCUT2D eigenvalue weighted by Crippen LogP contribution is 2.58. The normalized spacial score (nSPS) is 14.0. The van der Waals surface area contributed by atoms with Gasteiger partial charge in [0.25, 0.3) is 0 Å². The van der Waals surface area contributed by atoms with Gasteiger partial charge in [0.1, 0.15) is 5.82 Å². The highest BCUT2D eigenvalue weighted by Gasteiger charge is 2.46. The highest BCUT2D eigenvalue weighted by molar-refractivity contribution is 7.99. The number of hydrogen-bond donors (Lipinski definition) is 0. The summed E-state index contributed by atoms with van der Waals surface area (Å²) in [6.45, 7) is 0. The second-order valence-corrected chi connectivity index (χ2v) is 12.2. The molecule has 1 aliphatic heterocycles. The van der Waals surface area contributed by atoms with Crippen LogP contribution >= 0.6 is 11.8 Å². The zero-order valence-electron chi connectivity index (χ0n) is 23.3. The molecule has 1 aliphatic carbocycles. The molecule has 0 radical (unpaired) electrons. The Morgan fingerprint density at radius 3 is 1.88 bits per heavy atom. The summed E-state index contributed by atoms with van der Waals surface area (Å²) >= 11 is 1.87. The minimum atomic E-state index is -0.493. The third-order valence-corrected chi connectivity index (χ3v) is 10.1. The number of benzene rings is 6. The molecule has 9 rings (SSSR count). The molecule has 0 fully saturated rings. The molecule has 0 amide bonds. The molecule has 202 valence electrons. The lowest BCUT2D eigenvalue weighted by Crippen LogP contribution is -2.35. The number of rotatable bonds is 2. The van der Waals surface area contributed by atoms with Gasteiger partial charge in [0.2, 0.25) is 0 Å². The van der Waals surface area contributed by atoms with E-state index in [1.165, 1.54) is 43.2 Å². The van der Waals surface area contributed by atoms with E-state index >= 15 is 0 Å². The zero-order valence-corrected chi connectivity index (χ0v) is 24.1. The molecule has 0 N–H and O–H groups in total. The van der Waals surface area contributed by atoms with Crippen LogP contribution in [0.5, 0.6) is 0 Å². The fraction of sp³-hybridized carbons (Fsp3) is 0.0250. The van der Waals surface area contributed by atoms with E-state index in [0.717, 1.165) is 28.1 Å². The van der Waals surface area contributed by atoms with Gasteiger partial charge in [0.05, 0.1) is 16.4 Å². The van der Waals surface area contributed by atoms with Crippen molar-refractivity contribution in [2.75, 3.05) is 0 Å². The van der Waals surface area contributed by atoms with Crippen LogP contribution < -0.4 is 0 Å². The van der Waals surface area contributed by atoms with Crippen LogP contribution in [0.1, 0.15) is 33.4 Å². The number of para-hydroxylation sites is 3. The molecule has 2 aliphatic rings. The molecule has 0 saturated heterocycles. The first-order valence-electron chi connectivity index (χ1n) is 14.6. The van der Waals surface area contributed by atoms with E-state index in [9.17, 15) is 0 Å². The lowest BCUT2D eigenvalue weighted by molar-refractivity contribution is 0.701. The van der Waals surface area contributed by atoms with Gasteiger partial charge >= 0.3 is 0 Å². The van der Waals surface area contributed by atoms with Gasteiger partial charge in [-0.25, -0.2) is 4.98 Å². The summed E-state index contributed by atoms with van der Waals surface area (Å²) in [6.07, 6.45) is 4.58. The molecule has 0 atom stereocenters. The van der Waals surface area contributed by atoms with Crippen LogP contribution in [0.4, 0.5) is 0 Å². The molecule has 0 unspecified atom stereocenters. The Balaban J connectivity index is 1.41. The molecule has 7 aromatic rings. The number of nitrogens with zero attached hydrogens (tertiary/aromatic N) is 2. The molecule has 6 aromatic carbocycles. The summed E-state index contributed by atoms with van der Waals surface area (Å²) in [7, 11) is 0. The summed E-state index contributed by atoms with van der Waals surface area (Å²) in [4.78, 5) is 7.83. The van der Waals surface area contributed by atoms with Gasteiger partial charge in [-0.3, -0.25) is 4.57 Å². The average Bonchev–Trinajstić information content (AvgIpc) is 3.40. The minimum absolute atomic E-state index is 0.493. The fourth-order valence-electron chi connectivity index (χ4n) is 7.11. The predicted molar refractivity (Wildman–Crippen MR) is 178 cm³/mol. The van der Waals surface area contributed by atoms with Crippen molar-refractivity contribution < 1.29 is 0 Å². The third-order valence-electron chi connectivity index (χ3n) is 8.90. The van der Waals surface area contributed by atoms with Crippen LogP contribution in [-0.4, -0.2) is 9.55 Å². The van der Waals surface area contributed by atoms with Crippen molar-refractivity contribution in [3.63, 3.8) is 0 Å². The van der Waals surface area contributed by atoms with Crippen molar-refractivity contribution >= 4 is 34.9 Å². The van der Waals surface area contributed by atoms with Crippen LogP contribution in [0, 0.1) is 0 Å². The van der Waals surface area contributed by atoms with Crippen molar-refractivity contribution in [2.24, 2.45) is 0 Å². The maximum absolute atomic E-state index is 5.24. The molecular weight excluding hydrogens is 541 g/mol. The number of aromatic nitrogens is 2. The summed E-state index contributed by atoms with van der Waals surface area (Å²) in [6, 6.07) is 52.7. The first kappa shape index (κ1) is 24.5. The van der Waals surface area contributed by atoms with Gasteiger partial charge in [-0.1, -0.05) is 127 Å². The van der Waals surface area contributed by atoms with Crippen LogP contribution in [0.25, 0.3) is 40.3 Å². The zero-order chi connectivity index (χ0) is 28.4. The SMILES string of the molecule is C1=Cc2ccc(-c3nc4ccccc4n3-c3ccccc3)cc2C2(c3ccccc31)c1ccccc1Sc1ccccc12. The molecule has 1 aromatic heterocycles. The Morgan fingerprint density at radius 1 is 0.512 bits per heavy atom. The molecular formula is C40H26N2S. The van der Waals surface area contributed by atoms with E-state index < -0.39 is 5.41 Å². The standard InChI is InChI=1S/C40H26N2S/c1-2-13-30(14-3-1)42-36-19-9-8-18-35(36)41-39(42)29-25-24-28-23-22-27-12-4-5-15-31(27)40(34(28)26-29)32-16-6-10-20-37(32)43-38-21-11-7-17-33(38)40/h1-26H. The van der Waals surface area contributed by atoms with Crippen LogP contribution in [-0.2, 0) is 5.41 Å². The smallest absolute Gasteiger partial charge is 0.145 e. The van der Waals surface area contributed by atoms with Gasteiger partial charge < -0.3 is 0 Å². The quantitative estimate of drug-likeness (QED) is 0.207. The van der Waals surface area contributed by atoms with Crippen molar-refractivity contribution in [1.29, 1.82) is 0 Å². The van der Waals surface area contributed by atoms with Crippen LogP contribution in [0.2, 0.25) is 0 Å². The summed E-state index contributed by atoms with van der Waals surface area (Å²) < 4.78 is 2.29. The van der Waals surface area contributed by atoms with Crippen LogP contribution in [0.3, 0.4) is 0 Å². The maximum Gasteiger partial charge on any atom is 0.145 e. The Morgan fingerprint density at radius 2 is 1.12 bits per heavy atom. The van der Waals surface area contributed by atoms with Gasteiger partial charge in [-0.2, -0.15) is 0 Å². The second-order valence-electron chi connectivity index (χ2n) is 11.2. The summed E-state index contributed by atoms with van der Waals surface area (Å²) in [5, 5.41) is 0. The minimum Gasteiger partial charge on any atom is -0.292 e. The Hall–Kier alpha value is -5.12. The lowest BCUT2D eigenvalue weighted by atomic mass is 9.63. The summed E-state index contributed by atoms with van der Waals surface area (Å²) in [5.41, 5.74) is 11.5. The van der Waals surface area contributed by atoms with Gasteiger partial charge in [-0.15, -0.1) is 0 Å². The van der Waals surface area contributed by atoms with Gasteiger partial charge in [0, 0.05) is 21.0 Å². The van der Waals surface area contributed by atoms with E-state index in [2.05, 4.69) is 162 Å². The molecule has 43 heavy (non-hydrogen) atoms. The summed E-state index contributed by atoms with van der Waals surface area (Å²) in [5.74, 6) is 0.943. The van der Waals surface area contributed by atoms with Crippen LogP contribution in [0.15, 0.2) is 155 Å². The first-order valence-corrected chi connectivity index (χ1v) is 15.5. The molecule has 0 saturated carbocycles. The largest absolute Gasteiger partial charge is 0.292 e. The van der Waals surface area contributed by atoms with E-state index in [4.69, 9.17) is 4.98 Å². The molecule has 2 heterocycles. The average molecular weight is 567 g/mol. The van der Waals surface area contributed by atoms with E-state index in [-0.39, 0.29) is 0 Å². The van der Waals surface area contributed by atoms with Crippen molar-refractivity contribution in [3.05, 3.63) is 179 Å². The Kier molecular flexibility index (Phi) is 5.38. The highest BCUT2D eigenvalue weighted by atomic mass is 32.2. The molecule has 0 bridgehead atoms. The molecule has 1 spiro atoms. The topological polar surface area (TPSA) is 17.8 Å². The maximum atomic E-state index is 5.24. The van der Waals surface area contributed by atoms with E-state index in [1.54, 1.807) is 0 Å². The van der Waals surface area contributed by atoms with E-state index in [1.807, 2.05) is 11.8 Å². The number of hydrogen-bond acceptors (Lipinski definition) is 2. The van der Waals surface area contributed by atoms with Crippen molar-refractivity contribution in [2.45, 2.75) is 15.2 Å². The molecule has 2 nitrogen and oxygen atoms in total. The van der Waals surface area contributed by atoms with E-state index in [0.29, 0.717) is 0 Å². The lowest BCUT2D eigenvalue weighted by Gasteiger charge is -2.42. The number of fused-ring (bicyclic) bond motifs is 9. The fourth-order valence-corrected chi connectivity index (χ4v) is 8.30. The predicted octanol–water partition coefficient (Wildman–Crippen LogP) is 10.0.